The van der Waals surface area contributed by atoms with Gasteiger partial charge in [0.1, 0.15) is 23.6 Å². The third kappa shape index (κ3) is 4.61. The first-order valence-electron chi connectivity index (χ1n) is 10.3. The van der Waals surface area contributed by atoms with Gasteiger partial charge in [0.15, 0.2) is 17.4 Å². The molecule has 6 atom stereocenters. The maximum atomic E-state index is 13.2. The van der Waals surface area contributed by atoms with E-state index in [0.29, 0.717) is 17.7 Å². The molecule has 33 heavy (non-hydrogen) atoms. The molecule has 0 aromatic carbocycles. The van der Waals surface area contributed by atoms with Crippen LogP contribution in [0.1, 0.15) is 32.9 Å². The van der Waals surface area contributed by atoms with Gasteiger partial charge in [-0.2, -0.15) is 9.97 Å². The van der Waals surface area contributed by atoms with Crippen LogP contribution in [0.3, 0.4) is 0 Å². The number of aromatic nitrogens is 4. The summed E-state index contributed by atoms with van der Waals surface area (Å²) in [7, 11) is 1.41. The molecule has 2 aromatic rings. The second-order valence-electron chi connectivity index (χ2n) is 8.17. The first kappa shape index (κ1) is 24.3. The van der Waals surface area contributed by atoms with Crippen molar-refractivity contribution in [3.05, 3.63) is 6.33 Å². The molecular formula is C18H27N6O7PS. The molecule has 13 nitrogen and oxygen atoms in total. The number of imidazole rings is 1. The van der Waals surface area contributed by atoms with Crippen LogP contribution in [0.4, 0.5) is 5.95 Å². The Hall–Kier alpha value is -1.80. The first-order chi connectivity index (χ1) is 15.6. The number of hydrogen-bond donors (Lipinski definition) is 4. The minimum atomic E-state index is -3.42. The molecule has 15 heteroatoms. The Morgan fingerprint density at radius 3 is 2.97 bits per heavy atom. The highest BCUT2D eigenvalue weighted by atomic mass is 32.7. The normalized spacial score (nSPS) is 34.9. The van der Waals surface area contributed by atoms with E-state index < -0.39 is 36.8 Å². The highest BCUT2D eigenvalue weighted by molar-refractivity contribution is 8.56. The molecule has 2 aromatic heterocycles. The Morgan fingerprint density at radius 2 is 2.27 bits per heavy atom. The quantitative estimate of drug-likeness (QED) is 0.404. The molecule has 182 valence electrons. The van der Waals surface area contributed by atoms with Crippen LogP contribution >= 0.6 is 18.1 Å². The summed E-state index contributed by atoms with van der Waals surface area (Å²) < 4.78 is 31.4. The lowest BCUT2D eigenvalue weighted by Crippen LogP contribution is -2.44. The average molecular weight is 502 g/mol. The number of carbonyl (C=O) groups is 1. The molecule has 0 saturated carbocycles. The number of hydrogen-bond acceptors (Lipinski definition) is 12. The average Bonchev–Trinajstić information content (AvgIpc) is 3.18. The van der Waals surface area contributed by atoms with Crippen LogP contribution < -0.4 is 15.6 Å². The van der Waals surface area contributed by atoms with Crippen molar-refractivity contribution in [1.82, 2.24) is 24.6 Å². The highest BCUT2D eigenvalue weighted by Gasteiger charge is 2.54. The van der Waals surface area contributed by atoms with E-state index in [9.17, 15) is 19.6 Å². The minimum Gasteiger partial charge on any atom is -0.479 e. The van der Waals surface area contributed by atoms with Crippen molar-refractivity contribution in [2.45, 2.75) is 56.8 Å². The van der Waals surface area contributed by atoms with Crippen LogP contribution in [0.2, 0.25) is 0 Å². The van der Waals surface area contributed by atoms with E-state index in [4.69, 9.17) is 19.7 Å². The van der Waals surface area contributed by atoms with Crippen molar-refractivity contribution in [2.24, 2.45) is 0 Å². The van der Waals surface area contributed by atoms with Crippen molar-refractivity contribution in [3.8, 4) is 5.88 Å². The van der Waals surface area contributed by atoms with Crippen LogP contribution in [0.5, 0.6) is 5.88 Å². The molecule has 4 rings (SSSR count). The van der Waals surface area contributed by atoms with Crippen molar-refractivity contribution < 1.29 is 33.6 Å². The second-order valence-corrected chi connectivity index (χ2v) is 12.6. The van der Waals surface area contributed by atoms with E-state index in [1.165, 1.54) is 31.9 Å². The van der Waals surface area contributed by atoms with E-state index in [-0.39, 0.29) is 29.9 Å². The molecule has 2 saturated heterocycles. The number of ketones is 1. The zero-order valence-corrected chi connectivity index (χ0v) is 20.1. The number of nitrogens with one attached hydrogen (secondary N) is 1. The summed E-state index contributed by atoms with van der Waals surface area (Å²) in [5.41, 5.74) is 4.54. The summed E-state index contributed by atoms with van der Waals surface area (Å²) >= 11 is 1.11. The second kappa shape index (κ2) is 9.10. The Kier molecular flexibility index (Phi) is 6.71. The molecule has 2 fully saturated rings. The van der Waals surface area contributed by atoms with Gasteiger partial charge < -0.3 is 29.9 Å². The number of aliphatic hydroxyl groups is 2. The molecule has 0 aliphatic carbocycles. The number of fused-ring (bicyclic) bond motifs is 1. The van der Waals surface area contributed by atoms with Crippen LogP contribution in [0, 0.1) is 0 Å². The molecule has 0 bridgehead atoms. The van der Waals surface area contributed by atoms with Gasteiger partial charge in [0.25, 0.3) is 0 Å². The molecule has 2 aliphatic heterocycles. The number of nitrogen functional groups attached to an aromatic ring is 1. The fraction of sp³-hybridized carbons (Fsp3) is 0.667. The van der Waals surface area contributed by atoms with Gasteiger partial charge in [-0.25, -0.2) is 10.1 Å². The zero-order valence-electron chi connectivity index (χ0n) is 18.4. The Bertz CT molecular complexity index is 1100. The molecule has 0 amide bonds. The van der Waals surface area contributed by atoms with E-state index >= 15 is 0 Å². The van der Waals surface area contributed by atoms with Gasteiger partial charge in [0.2, 0.25) is 11.8 Å². The summed E-state index contributed by atoms with van der Waals surface area (Å²) in [5.74, 6) is 0.537. The molecular weight excluding hydrogens is 475 g/mol. The fourth-order valence-electron chi connectivity index (χ4n) is 3.90. The van der Waals surface area contributed by atoms with Crippen molar-refractivity contribution in [3.63, 3.8) is 0 Å². The van der Waals surface area contributed by atoms with Crippen LogP contribution in [-0.4, -0.2) is 78.8 Å². The summed E-state index contributed by atoms with van der Waals surface area (Å²) in [6.07, 6.45) is -0.846. The standard InChI is InChI=1S/C18H27N6O7PS/c1-9(25)10-5-4-6-33-32(28,23-10)30-7-11-13(26)18(2,27)16(31-11)24-8-20-12-14(24)21-17(19)22-15(12)29-3/h8,10-11,13,16,26-27H,4-7H2,1-3H3,(H,23,28)(H2,19,21,22)/t10-,11-,13-,16-,18-,32+/m1/s1. The summed E-state index contributed by atoms with van der Waals surface area (Å²) in [5, 5.41) is 24.7. The lowest BCUT2D eigenvalue weighted by molar-refractivity contribution is -0.118. The summed E-state index contributed by atoms with van der Waals surface area (Å²) in [6.45, 7) is -0.858. The summed E-state index contributed by atoms with van der Waals surface area (Å²) in [6, 6.07) is -0.562. The maximum absolute atomic E-state index is 13.2. The van der Waals surface area contributed by atoms with Crippen LogP contribution in [0.15, 0.2) is 6.33 Å². The van der Waals surface area contributed by atoms with Gasteiger partial charge in [-0.05, 0) is 26.7 Å². The minimum absolute atomic E-state index is 0.0613. The van der Waals surface area contributed by atoms with Gasteiger partial charge in [0.05, 0.1) is 26.1 Å². The third-order valence-electron chi connectivity index (χ3n) is 5.72. The molecule has 5 N–H and O–H groups in total. The Balaban J connectivity index is 1.55. The zero-order chi connectivity index (χ0) is 24.0. The van der Waals surface area contributed by atoms with Crippen molar-refractivity contribution in [1.29, 1.82) is 0 Å². The third-order valence-corrected chi connectivity index (χ3v) is 9.85. The van der Waals surface area contributed by atoms with E-state index in [0.717, 1.165) is 17.8 Å². The molecule has 0 unspecified atom stereocenters. The van der Waals surface area contributed by atoms with E-state index in [1.807, 2.05) is 0 Å². The largest absolute Gasteiger partial charge is 0.479 e. The predicted octanol–water partition coefficient (Wildman–Crippen LogP) is 0.625. The number of methoxy groups -OCH3 is 1. The SMILES string of the molecule is COc1nc(N)nc2c1ncn2[C@@H]1O[C@H](CO[P@@]2(=O)N[C@@H](C(C)=O)CCCS2)[C@@H](O)[C@@]1(C)O. The molecule has 0 radical (unpaired) electrons. The number of anilines is 1. The monoisotopic (exact) mass is 502 g/mol. The number of nitrogens with two attached hydrogens (primary N) is 1. The highest BCUT2D eigenvalue weighted by Crippen LogP contribution is 2.58. The molecule has 4 heterocycles. The smallest absolute Gasteiger partial charge is 0.327 e. The van der Waals surface area contributed by atoms with Crippen LogP contribution in [0.25, 0.3) is 11.2 Å². The predicted molar refractivity (Wildman–Crippen MR) is 120 cm³/mol. The number of aliphatic hydroxyl groups excluding tert-OH is 1. The topological polar surface area (TPSA) is 184 Å². The van der Waals surface area contributed by atoms with E-state index in [1.54, 1.807) is 0 Å². The van der Waals surface area contributed by atoms with Gasteiger partial charge in [-0.1, -0.05) is 11.4 Å². The van der Waals surface area contributed by atoms with Crippen molar-refractivity contribution >= 4 is 41.0 Å². The number of Topliss-reactive ketones (excluding diaryl/α,β-unsaturated/α-hetero) is 1. The summed E-state index contributed by atoms with van der Waals surface area (Å²) in [4.78, 5) is 24.2. The lowest BCUT2D eigenvalue weighted by Gasteiger charge is -2.27. The number of ether oxygens (including phenoxy) is 2. The van der Waals surface area contributed by atoms with Gasteiger partial charge in [-0.3, -0.25) is 13.9 Å². The fourth-order valence-corrected chi connectivity index (χ4v) is 7.82. The molecule has 2 aliphatic rings. The van der Waals surface area contributed by atoms with Crippen LogP contribution in [-0.2, 0) is 18.6 Å². The van der Waals surface area contributed by atoms with E-state index in [2.05, 4.69) is 20.0 Å². The Labute approximate surface area is 193 Å². The van der Waals surface area contributed by atoms with Crippen molar-refractivity contribution in [2.75, 3.05) is 25.2 Å². The maximum Gasteiger partial charge on any atom is 0.327 e. The van der Waals surface area contributed by atoms with Gasteiger partial charge in [0, 0.05) is 5.75 Å². The Morgan fingerprint density at radius 1 is 1.52 bits per heavy atom. The van der Waals surface area contributed by atoms with Gasteiger partial charge >= 0.3 is 6.72 Å². The number of rotatable bonds is 6. The molecule has 0 spiro atoms. The first-order valence-corrected chi connectivity index (χ1v) is 13.5. The number of carbonyl (C=O) groups excluding carboxylic acids is 1. The lowest BCUT2D eigenvalue weighted by atomic mass is 9.96. The number of nitrogens with zero attached hydrogens (tertiary/aromatic N) is 4. The van der Waals surface area contributed by atoms with Gasteiger partial charge in [-0.15, -0.1) is 0 Å².